The highest BCUT2D eigenvalue weighted by Crippen LogP contribution is 2.51. The van der Waals surface area contributed by atoms with Crippen LogP contribution in [0.1, 0.15) is 30.5 Å². The molecule has 242 valence electrons. The highest BCUT2D eigenvalue weighted by Gasteiger charge is 2.36. The molecule has 3 N–H and O–H groups in total. The number of rotatable bonds is 3. The molecule has 0 saturated carbocycles. The van der Waals surface area contributed by atoms with Crippen molar-refractivity contribution in [3.8, 4) is 22.5 Å². The van der Waals surface area contributed by atoms with E-state index in [-0.39, 0.29) is 11.3 Å². The average Bonchev–Trinajstić information content (AvgIpc) is 3.87. The third-order valence-electron chi connectivity index (χ3n) is 11.3. The first kappa shape index (κ1) is 28.3. The van der Waals surface area contributed by atoms with Crippen molar-refractivity contribution in [2.45, 2.75) is 19.3 Å². The lowest BCUT2D eigenvalue weighted by Gasteiger charge is -2.23. The lowest BCUT2D eigenvalue weighted by atomic mass is 9.82. The van der Waals surface area contributed by atoms with Crippen LogP contribution in [0.15, 0.2) is 144 Å². The molecular formula is C46H32N4O. The maximum absolute atomic E-state index is 8.07. The normalized spacial score (nSPS) is 13.6. The van der Waals surface area contributed by atoms with E-state index in [4.69, 9.17) is 15.6 Å². The van der Waals surface area contributed by atoms with E-state index in [0.29, 0.717) is 0 Å². The van der Waals surface area contributed by atoms with E-state index in [9.17, 15) is 0 Å². The molecule has 0 spiro atoms. The summed E-state index contributed by atoms with van der Waals surface area (Å²) >= 11 is 0. The molecule has 3 heterocycles. The predicted octanol–water partition coefficient (Wildman–Crippen LogP) is 11.4. The first-order chi connectivity index (χ1) is 24.9. The van der Waals surface area contributed by atoms with Gasteiger partial charge in [-0.15, -0.1) is 0 Å². The molecule has 0 atom stereocenters. The lowest BCUT2D eigenvalue weighted by molar-refractivity contribution is 0.659. The molecule has 51 heavy (non-hydrogen) atoms. The van der Waals surface area contributed by atoms with Crippen molar-refractivity contribution in [1.82, 2.24) is 9.13 Å². The van der Waals surface area contributed by atoms with Crippen LogP contribution in [0.25, 0.3) is 88.1 Å². The van der Waals surface area contributed by atoms with Gasteiger partial charge in [-0.1, -0.05) is 86.6 Å². The van der Waals surface area contributed by atoms with Crippen LogP contribution in [-0.4, -0.2) is 15.0 Å². The number of nitrogens with zero attached hydrogens (tertiary/aromatic N) is 2. The van der Waals surface area contributed by atoms with Crippen LogP contribution < -0.4 is 5.73 Å². The van der Waals surface area contributed by atoms with Gasteiger partial charge in [0, 0.05) is 49.3 Å². The van der Waals surface area contributed by atoms with Gasteiger partial charge >= 0.3 is 0 Å². The Kier molecular flexibility index (Phi) is 5.41. The number of nitrogens with two attached hydrogens (primary N) is 1. The summed E-state index contributed by atoms with van der Waals surface area (Å²) in [6.45, 7) is 4.55. The Balaban J connectivity index is 1.25. The third kappa shape index (κ3) is 3.62. The molecule has 0 radical (unpaired) electrons. The SMILES string of the molecule is CC1(C)c2cc(C(=N)N)ccc2-c2ccc(-n3c4ccccc4c4c3ccc3c5c6oc7ccccc7c6ccc5n(-c5ccccc5)c34)cc21. The predicted molar refractivity (Wildman–Crippen MR) is 211 cm³/mol. The summed E-state index contributed by atoms with van der Waals surface area (Å²) in [7, 11) is 0. The fraction of sp³-hybridized carbons (Fsp3) is 0.0652. The summed E-state index contributed by atoms with van der Waals surface area (Å²) in [4.78, 5) is 0. The molecule has 3 aromatic heterocycles. The maximum atomic E-state index is 8.07. The minimum Gasteiger partial charge on any atom is -0.455 e. The fourth-order valence-electron chi connectivity index (χ4n) is 8.98. The summed E-state index contributed by atoms with van der Waals surface area (Å²) in [6.07, 6.45) is 0. The number of para-hydroxylation sites is 3. The largest absolute Gasteiger partial charge is 0.455 e. The van der Waals surface area contributed by atoms with Crippen LogP contribution >= 0.6 is 0 Å². The number of nitrogen functional groups attached to an aromatic ring is 1. The van der Waals surface area contributed by atoms with Gasteiger partial charge in [-0.3, -0.25) is 5.41 Å². The van der Waals surface area contributed by atoms with Crippen molar-refractivity contribution in [3.63, 3.8) is 0 Å². The van der Waals surface area contributed by atoms with Crippen LogP contribution in [0.2, 0.25) is 0 Å². The second kappa shape index (κ2) is 9.77. The van der Waals surface area contributed by atoms with Crippen LogP contribution in [0.3, 0.4) is 0 Å². The van der Waals surface area contributed by atoms with E-state index in [1.54, 1.807) is 0 Å². The Bertz CT molecular complexity index is 3140. The van der Waals surface area contributed by atoms with Crippen molar-refractivity contribution >= 4 is 71.4 Å². The van der Waals surface area contributed by atoms with Gasteiger partial charge in [0.2, 0.25) is 0 Å². The Morgan fingerprint density at radius 3 is 2.04 bits per heavy atom. The molecule has 7 aromatic carbocycles. The number of nitrogens with one attached hydrogen (secondary N) is 1. The first-order valence-corrected chi connectivity index (χ1v) is 17.4. The molecule has 0 unspecified atom stereocenters. The summed E-state index contributed by atoms with van der Waals surface area (Å²) in [5.74, 6) is 0.0933. The standard InChI is InChI=1S/C46H32N4O/c1-46(2)35-24-26(45(47)48)16-18-29(35)30-19-17-28(25-36(30)46)49-37-14-8-6-13-33(37)41-38(49)23-21-34-42-39(50(43(34)41)27-10-4-3-5-11-27)22-20-32-31-12-7-9-15-40(31)51-44(32)42/h3-25H,1-2H3,(H3,47,48). The fourth-order valence-corrected chi connectivity index (χ4v) is 8.98. The quantitative estimate of drug-likeness (QED) is 0.147. The maximum Gasteiger partial charge on any atom is 0.145 e. The van der Waals surface area contributed by atoms with Gasteiger partial charge in [0.25, 0.3) is 0 Å². The van der Waals surface area contributed by atoms with E-state index in [2.05, 4.69) is 150 Å². The molecule has 0 aliphatic heterocycles. The van der Waals surface area contributed by atoms with Crippen LogP contribution in [0, 0.1) is 5.41 Å². The van der Waals surface area contributed by atoms with Gasteiger partial charge in [-0.05, 0) is 89.0 Å². The van der Waals surface area contributed by atoms with Crippen LogP contribution in [-0.2, 0) is 5.41 Å². The van der Waals surface area contributed by atoms with Crippen molar-refractivity contribution in [1.29, 1.82) is 5.41 Å². The molecule has 1 aliphatic carbocycles. The zero-order valence-corrected chi connectivity index (χ0v) is 28.2. The monoisotopic (exact) mass is 656 g/mol. The Hall–Kier alpha value is -6.59. The van der Waals surface area contributed by atoms with Gasteiger partial charge in [-0.25, -0.2) is 0 Å². The number of furan rings is 1. The zero-order valence-electron chi connectivity index (χ0n) is 28.2. The van der Waals surface area contributed by atoms with E-state index in [0.717, 1.165) is 60.8 Å². The zero-order chi connectivity index (χ0) is 34.2. The Labute approximate surface area is 293 Å². The number of benzene rings is 7. The van der Waals surface area contributed by atoms with Gasteiger partial charge < -0.3 is 19.3 Å². The molecule has 11 rings (SSSR count). The number of aromatic nitrogens is 2. The molecule has 5 heteroatoms. The molecule has 0 amide bonds. The van der Waals surface area contributed by atoms with E-state index >= 15 is 0 Å². The minimum absolute atomic E-state index is 0.0933. The molecule has 0 fully saturated rings. The molecular weight excluding hydrogens is 625 g/mol. The molecule has 1 aliphatic rings. The highest BCUT2D eigenvalue weighted by molar-refractivity contribution is 6.31. The van der Waals surface area contributed by atoms with Gasteiger partial charge in [0.1, 0.15) is 17.0 Å². The van der Waals surface area contributed by atoms with Crippen molar-refractivity contribution in [3.05, 3.63) is 156 Å². The van der Waals surface area contributed by atoms with Gasteiger partial charge in [0.05, 0.1) is 27.5 Å². The van der Waals surface area contributed by atoms with Crippen molar-refractivity contribution in [2.75, 3.05) is 0 Å². The molecule has 0 bridgehead atoms. The van der Waals surface area contributed by atoms with Crippen molar-refractivity contribution < 1.29 is 4.42 Å². The second-order valence-corrected chi connectivity index (χ2v) is 14.3. The minimum atomic E-state index is -0.254. The van der Waals surface area contributed by atoms with Gasteiger partial charge in [-0.2, -0.15) is 0 Å². The summed E-state index contributed by atoms with van der Waals surface area (Å²) in [5.41, 5.74) is 20.0. The topological polar surface area (TPSA) is 72.9 Å². The molecule has 10 aromatic rings. The number of amidine groups is 1. The summed E-state index contributed by atoms with van der Waals surface area (Å²) < 4.78 is 11.5. The van der Waals surface area contributed by atoms with Crippen LogP contribution in [0.4, 0.5) is 0 Å². The first-order valence-electron chi connectivity index (χ1n) is 17.4. The number of hydrogen-bond donors (Lipinski definition) is 2. The van der Waals surface area contributed by atoms with E-state index < -0.39 is 0 Å². The molecule has 0 saturated heterocycles. The van der Waals surface area contributed by atoms with E-state index in [1.165, 1.54) is 43.9 Å². The second-order valence-electron chi connectivity index (χ2n) is 14.3. The van der Waals surface area contributed by atoms with Crippen LogP contribution in [0.5, 0.6) is 0 Å². The summed E-state index contributed by atoms with van der Waals surface area (Å²) in [6, 6.07) is 49.9. The number of fused-ring (bicyclic) bond motifs is 14. The third-order valence-corrected chi connectivity index (χ3v) is 11.3. The summed E-state index contributed by atoms with van der Waals surface area (Å²) in [5, 5.41) is 15.0. The van der Waals surface area contributed by atoms with Crippen molar-refractivity contribution in [2.24, 2.45) is 5.73 Å². The van der Waals surface area contributed by atoms with E-state index in [1.807, 2.05) is 12.1 Å². The Morgan fingerprint density at radius 1 is 0.569 bits per heavy atom. The number of hydrogen-bond acceptors (Lipinski definition) is 2. The molecule has 5 nitrogen and oxygen atoms in total. The lowest BCUT2D eigenvalue weighted by Crippen LogP contribution is -2.17. The van der Waals surface area contributed by atoms with Gasteiger partial charge in [0.15, 0.2) is 0 Å². The Morgan fingerprint density at radius 2 is 1.24 bits per heavy atom. The highest BCUT2D eigenvalue weighted by atomic mass is 16.3. The average molecular weight is 657 g/mol. The smallest absolute Gasteiger partial charge is 0.145 e.